The molecule has 20 heavy (non-hydrogen) atoms. The molecule has 1 aliphatic rings. The first-order valence-corrected chi connectivity index (χ1v) is 7.01. The van der Waals surface area contributed by atoms with E-state index in [1.165, 1.54) is 18.9 Å². The Labute approximate surface area is 117 Å². The number of carbonyl (C=O) groups excluding carboxylic acids is 1. The SMILES string of the molecule is CCCC1(CNCC(=O)Nc2c(F)cccc2F)CC1. The molecular formula is C15H20F2N2O. The van der Waals surface area contributed by atoms with Crippen molar-refractivity contribution < 1.29 is 13.6 Å². The molecule has 0 saturated heterocycles. The molecule has 0 bridgehead atoms. The maximum absolute atomic E-state index is 13.4. The summed E-state index contributed by atoms with van der Waals surface area (Å²) in [5.74, 6) is -1.95. The van der Waals surface area contributed by atoms with Crippen molar-refractivity contribution in [3.05, 3.63) is 29.8 Å². The summed E-state index contributed by atoms with van der Waals surface area (Å²) >= 11 is 0. The molecular weight excluding hydrogens is 262 g/mol. The summed E-state index contributed by atoms with van der Waals surface area (Å²) in [6.45, 7) is 3.00. The number of anilines is 1. The third kappa shape index (κ3) is 3.76. The Morgan fingerprint density at radius 3 is 2.50 bits per heavy atom. The van der Waals surface area contributed by atoms with Gasteiger partial charge in [-0.05, 0) is 36.8 Å². The van der Waals surface area contributed by atoms with Gasteiger partial charge in [-0.1, -0.05) is 19.4 Å². The van der Waals surface area contributed by atoms with E-state index >= 15 is 0 Å². The van der Waals surface area contributed by atoms with E-state index in [4.69, 9.17) is 0 Å². The van der Waals surface area contributed by atoms with Gasteiger partial charge in [-0.25, -0.2) is 8.78 Å². The van der Waals surface area contributed by atoms with Crippen molar-refractivity contribution in [1.29, 1.82) is 0 Å². The molecule has 1 amide bonds. The molecule has 2 rings (SSSR count). The number of hydrogen-bond acceptors (Lipinski definition) is 2. The highest BCUT2D eigenvalue weighted by molar-refractivity contribution is 5.92. The summed E-state index contributed by atoms with van der Waals surface area (Å²) in [4.78, 5) is 11.7. The molecule has 2 N–H and O–H groups in total. The van der Waals surface area contributed by atoms with E-state index in [0.717, 1.165) is 31.5 Å². The second-order valence-electron chi connectivity index (χ2n) is 5.50. The zero-order chi connectivity index (χ0) is 14.6. The van der Waals surface area contributed by atoms with Crippen LogP contribution in [-0.4, -0.2) is 19.0 Å². The zero-order valence-electron chi connectivity index (χ0n) is 11.6. The topological polar surface area (TPSA) is 41.1 Å². The van der Waals surface area contributed by atoms with Gasteiger partial charge in [-0.3, -0.25) is 4.79 Å². The summed E-state index contributed by atoms with van der Waals surface area (Å²) < 4.78 is 26.7. The van der Waals surface area contributed by atoms with Crippen LogP contribution >= 0.6 is 0 Å². The van der Waals surface area contributed by atoms with Gasteiger partial charge in [0.2, 0.25) is 5.91 Å². The van der Waals surface area contributed by atoms with Crippen LogP contribution in [-0.2, 0) is 4.79 Å². The lowest BCUT2D eigenvalue weighted by Crippen LogP contribution is -2.32. The lowest BCUT2D eigenvalue weighted by molar-refractivity contribution is -0.115. The smallest absolute Gasteiger partial charge is 0.238 e. The fraction of sp³-hybridized carbons (Fsp3) is 0.533. The fourth-order valence-corrected chi connectivity index (χ4v) is 2.46. The lowest BCUT2D eigenvalue weighted by atomic mass is 10.0. The van der Waals surface area contributed by atoms with Gasteiger partial charge >= 0.3 is 0 Å². The van der Waals surface area contributed by atoms with Crippen LogP contribution < -0.4 is 10.6 Å². The normalized spacial score (nSPS) is 15.9. The summed E-state index contributed by atoms with van der Waals surface area (Å²) in [7, 11) is 0. The lowest BCUT2D eigenvalue weighted by Gasteiger charge is -2.15. The molecule has 1 aromatic rings. The number of hydrogen-bond donors (Lipinski definition) is 2. The van der Waals surface area contributed by atoms with Crippen molar-refractivity contribution in [2.45, 2.75) is 32.6 Å². The van der Waals surface area contributed by atoms with E-state index in [9.17, 15) is 13.6 Å². The molecule has 1 fully saturated rings. The number of amides is 1. The van der Waals surface area contributed by atoms with Crippen molar-refractivity contribution in [2.75, 3.05) is 18.4 Å². The Hall–Kier alpha value is -1.49. The van der Waals surface area contributed by atoms with E-state index in [2.05, 4.69) is 17.6 Å². The van der Waals surface area contributed by atoms with Crippen LogP contribution in [0.1, 0.15) is 32.6 Å². The minimum absolute atomic E-state index is 0.0687. The second kappa shape index (κ2) is 6.31. The third-order valence-corrected chi connectivity index (χ3v) is 3.75. The highest BCUT2D eigenvalue weighted by atomic mass is 19.1. The number of halogens is 2. The van der Waals surface area contributed by atoms with Gasteiger partial charge in [-0.15, -0.1) is 0 Å². The van der Waals surface area contributed by atoms with Gasteiger partial charge in [0, 0.05) is 6.54 Å². The van der Waals surface area contributed by atoms with Crippen LogP contribution in [0.25, 0.3) is 0 Å². The van der Waals surface area contributed by atoms with E-state index in [1.54, 1.807) is 0 Å². The largest absolute Gasteiger partial charge is 0.320 e. The number of carbonyl (C=O) groups is 1. The molecule has 5 heteroatoms. The zero-order valence-corrected chi connectivity index (χ0v) is 11.6. The average Bonchev–Trinajstić information content (AvgIpc) is 3.14. The molecule has 0 unspecified atom stereocenters. The number of nitrogens with one attached hydrogen (secondary N) is 2. The minimum Gasteiger partial charge on any atom is -0.320 e. The first-order valence-electron chi connectivity index (χ1n) is 7.01. The van der Waals surface area contributed by atoms with Crippen molar-refractivity contribution in [3.63, 3.8) is 0 Å². The maximum atomic E-state index is 13.4. The van der Waals surface area contributed by atoms with Crippen LogP contribution in [0.4, 0.5) is 14.5 Å². The van der Waals surface area contributed by atoms with Crippen molar-refractivity contribution in [2.24, 2.45) is 5.41 Å². The first kappa shape index (κ1) is 14.9. The average molecular weight is 282 g/mol. The fourth-order valence-electron chi connectivity index (χ4n) is 2.46. The monoisotopic (exact) mass is 282 g/mol. The highest BCUT2D eigenvalue weighted by Gasteiger charge is 2.40. The van der Waals surface area contributed by atoms with Gasteiger partial charge < -0.3 is 10.6 Å². The van der Waals surface area contributed by atoms with Crippen LogP contribution in [0.2, 0.25) is 0 Å². The van der Waals surface area contributed by atoms with Crippen LogP contribution in [0, 0.1) is 17.0 Å². The molecule has 0 atom stereocenters. The Morgan fingerprint density at radius 1 is 1.30 bits per heavy atom. The third-order valence-electron chi connectivity index (χ3n) is 3.75. The molecule has 110 valence electrons. The molecule has 0 heterocycles. The Bertz CT molecular complexity index is 467. The van der Waals surface area contributed by atoms with Crippen molar-refractivity contribution in [1.82, 2.24) is 5.32 Å². The van der Waals surface area contributed by atoms with E-state index in [0.29, 0.717) is 5.41 Å². The number of benzene rings is 1. The van der Waals surface area contributed by atoms with E-state index < -0.39 is 17.5 Å². The molecule has 0 spiro atoms. The predicted octanol–water partition coefficient (Wildman–Crippen LogP) is 3.07. The van der Waals surface area contributed by atoms with Crippen LogP contribution in [0.15, 0.2) is 18.2 Å². The molecule has 1 aromatic carbocycles. The van der Waals surface area contributed by atoms with Gasteiger partial charge in [0.15, 0.2) is 0 Å². The Kier molecular flexibility index (Phi) is 4.70. The molecule has 0 aliphatic heterocycles. The van der Waals surface area contributed by atoms with Gasteiger partial charge in [0.25, 0.3) is 0 Å². The van der Waals surface area contributed by atoms with E-state index in [1.807, 2.05) is 0 Å². The molecule has 0 aromatic heterocycles. The molecule has 1 saturated carbocycles. The Balaban J connectivity index is 1.78. The van der Waals surface area contributed by atoms with Gasteiger partial charge in [0.1, 0.15) is 17.3 Å². The number of rotatable bonds is 7. The molecule has 0 radical (unpaired) electrons. The van der Waals surface area contributed by atoms with E-state index in [-0.39, 0.29) is 12.2 Å². The van der Waals surface area contributed by atoms with Crippen LogP contribution in [0.3, 0.4) is 0 Å². The standard InChI is InChI=1S/C15H20F2N2O/c1-2-6-15(7-8-15)10-18-9-13(20)19-14-11(16)4-3-5-12(14)17/h3-5,18H,2,6-10H2,1H3,(H,19,20). The molecule has 3 nitrogen and oxygen atoms in total. The minimum atomic E-state index is -0.761. The maximum Gasteiger partial charge on any atom is 0.238 e. The predicted molar refractivity (Wildman–Crippen MR) is 74.4 cm³/mol. The van der Waals surface area contributed by atoms with Gasteiger partial charge in [0.05, 0.1) is 6.54 Å². The van der Waals surface area contributed by atoms with Crippen LogP contribution in [0.5, 0.6) is 0 Å². The molecule has 1 aliphatic carbocycles. The summed E-state index contributed by atoms with van der Waals surface area (Å²) in [5, 5.41) is 5.34. The van der Waals surface area contributed by atoms with Crippen molar-refractivity contribution >= 4 is 11.6 Å². The summed E-state index contributed by atoms with van der Waals surface area (Å²) in [6.07, 6.45) is 4.67. The quantitative estimate of drug-likeness (QED) is 0.807. The first-order chi connectivity index (χ1) is 9.56. The highest BCUT2D eigenvalue weighted by Crippen LogP contribution is 2.48. The second-order valence-corrected chi connectivity index (χ2v) is 5.50. The Morgan fingerprint density at radius 2 is 1.95 bits per heavy atom. The summed E-state index contributed by atoms with van der Waals surface area (Å²) in [6, 6.07) is 3.50. The van der Waals surface area contributed by atoms with Crippen molar-refractivity contribution in [3.8, 4) is 0 Å². The number of para-hydroxylation sites is 1. The summed E-state index contributed by atoms with van der Waals surface area (Å²) in [5.41, 5.74) is -0.0350. The van der Waals surface area contributed by atoms with Gasteiger partial charge in [-0.2, -0.15) is 0 Å².